The zero-order chi connectivity index (χ0) is 19.9. The fourth-order valence-corrected chi connectivity index (χ4v) is 3.48. The third kappa shape index (κ3) is 3.32. The predicted molar refractivity (Wildman–Crippen MR) is 96.6 cm³/mol. The van der Waals surface area contributed by atoms with Gasteiger partial charge in [-0.25, -0.2) is 14.6 Å². The first-order chi connectivity index (χ1) is 13.3. The summed E-state index contributed by atoms with van der Waals surface area (Å²) in [5.74, 6) is -0.884. The van der Waals surface area contributed by atoms with Gasteiger partial charge < -0.3 is 0 Å². The lowest BCUT2D eigenvalue weighted by molar-refractivity contribution is -0.143. The minimum absolute atomic E-state index is 0.0121. The fourth-order valence-electron chi connectivity index (χ4n) is 2.56. The van der Waals surface area contributed by atoms with Crippen molar-refractivity contribution in [3.05, 3.63) is 70.8 Å². The first kappa shape index (κ1) is 18.4. The number of benzene rings is 1. The van der Waals surface area contributed by atoms with Crippen molar-refractivity contribution in [3.63, 3.8) is 0 Å². The van der Waals surface area contributed by atoms with Crippen molar-refractivity contribution in [1.82, 2.24) is 24.3 Å². The van der Waals surface area contributed by atoms with Crippen LogP contribution in [0.4, 0.5) is 13.2 Å². The molecule has 0 spiro atoms. The van der Waals surface area contributed by atoms with Crippen LogP contribution in [-0.2, 0) is 6.18 Å². The van der Waals surface area contributed by atoms with Crippen LogP contribution < -0.4 is 0 Å². The molecule has 0 bridgehead atoms. The zero-order valence-electron chi connectivity index (χ0n) is 13.8. The van der Waals surface area contributed by atoms with Crippen LogP contribution in [0.15, 0.2) is 54.6 Å². The molecular weight excluding hydrogens is 415 g/mol. The standard InChI is InChI=1S/C17H9ClF3N5OS/c18-11-3-1-10(2-4-11)13-8-28-16(24-13)26-14(17(19,20)21)12(7-23-26)15(27)25-6-5-22-9-25/h1-9H. The van der Waals surface area contributed by atoms with Gasteiger partial charge in [0.15, 0.2) is 5.69 Å². The molecule has 0 fully saturated rings. The molecule has 0 aliphatic carbocycles. The summed E-state index contributed by atoms with van der Waals surface area (Å²) in [4.78, 5) is 20.3. The molecule has 3 aromatic heterocycles. The second kappa shape index (κ2) is 6.88. The Morgan fingerprint density at radius 2 is 1.93 bits per heavy atom. The molecule has 4 aromatic rings. The fraction of sp³-hybridized carbons (Fsp3) is 0.0588. The molecule has 0 aliphatic rings. The van der Waals surface area contributed by atoms with Gasteiger partial charge in [-0.1, -0.05) is 23.7 Å². The van der Waals surface area contributed by atoms with Gasteiger partial charge in [-0.2, -0.15) is 18.3 Å². The molecule has 3 heterocycles. The molecule has 4 rings (SSSR count). The quantitative estimate of drug-likeness (QED) is 0.485. The summed E-state index contributed by atoms with van der Waals surface area (Å²) in [6.07, 6.45) is -0.235. The van der Waals surface area contributed by atoms with Crippen LogP contribution in [0.1, 0.15) is 16.1 Å². The van der Waals surface area contributed by atoms with Gasteiger partial charge in [0.05, 0.1) is 17.5 Å². The molecular formula is C17H9ClF3N5OS. The Bertz CT molecular complexity index is 1130. The minimum Gasteiger partial charge on any atom is -0.272 e. The lowest BCUT2D eigenvalue weighted by atomic mass is 10.2. The summed E-state index contributed by atoms with van der Waals surface area (Å²) in [5, 5.41) is 5.91. The van der Waals surface area contributed by atoms with Gasteiger partial charge in [-0.15, -0.1) is 11.3 Å². The zero-order valence-corrected chi connectivity index (χ0v) is 15.3. The number of hydrogen-bond acceptors (Lipinski definition) is 5. The first-order valence-electron chi connectivity index (χ1n) is 7.74. The van der Waals surface area contributed by atoms with Crippen LogP contribution in [0, 0.1) is 0 Å². The molecule has 0 atom stereocenters. The van der Waals surface area contributed by atoms with E-state index in [0.717, 1.165) is 28.4 Å². The van der Waals surface area contributed by atoms with Crippen molar-refractivity contribution in [3.8, 4) is 16.4 Å². The van der Waals surface area contributed by atoms with E-state index in [1.165, 1.54) is 12.4 Å². The van der Waals surface area contributed by atoms with Crippen molar-refractivity contribution < 1.29 is 18.0 Å². The van der Waals surface area contributed by atoms with Crippen molar-refractivity contribution in [2.45, 2.75) is 6.18 Å². The van der Waals surface area contributed by atoms with Gasteiger partial charge in [0, 0.05) is 28.4 Å². The van der Waals surface area contributed by atoms with E-state index < -0.39 is 23.3 Å². The Labute approximate surface area is 164 Å². The smallest absolute Gasteiger partial charge is 0.272 e. The van der Waals surface area contributed by atoms with Gasteiger partial charge >= 0.3 is 6.18 Å². The van der Waals surface area contributed by atoms with Crippen molar-refractivity contribution >= 4 is 28.8 Å². The SMILES string of the molecule is O=C(c1cnn(-c2nc(-c3ccc(Cl)cc3)cs2)c1C(F)(F)F)n1ccnc1. The van der Waals surface area contributed by atoms with Gasteiger partial charge in [-0.05, 0) is 12.1 Å². The number of hydrogen-bond donors (Lipinski definition) is 0. The molecule has 0 saturated heterocycles. The number of alkyl halides is 3. The van der Waals surface area contributed by atoms with Gasteiger partial charge in [0.25, 0.3) is 5.91 Å². The number of thiazole rings is 1. The molecule has 28 heavy (non-hydrogen) atoms. The Kier molecular flexibility index (Phi) is 4.52. The Hall–Kier alpha value is -2.98. The second-order valence-corrected chi connectivity index (χ2v) is 6.89. The number of carbonyl (C=O) groups is 1. The maximum absolute atomic E-state index is 13.7. The Morgan fingerprint density at radius 1 is 1.18 bits per heavy atom. The topological polar surface area (TPSA) is 65.6 Å². The summed E-state index contributed by atoms with van der Waals surface area (Å²) < 4.78 is 42.8. The second-order valence-electron chi connectivity index (χ2n) is 5.61. The molecule has 11 heteroatoms. The summed E-state index contributed by atoms with van der Waals surface area (Å²) in [5.41, 5.74) is -0.609. The lowest BCUT2D eigenvalue weighted by Crippen LogP contribution is -2.20. The average molecular weight is 424 g/mol. The van der Waals surface area contributed by atoms with Crippen LogP contribution in [0.5, 0.6) is 0 Å². The average Bonchev–Trinajstić information content (AvgIpc) is 3.39. The molecule has 0 radical (unpaired) electrons. The van der Waals surface area contributed by atoms with Crippen LogP contribution >= 0.6 is 22.9 Å². The van der Waals surface area contributed by atoms with E-state index in [1.54, 1.807) is 29.6 Å². The Balaban J connectivity index is 1.78. The number of rotatable bonds is 3. The molecule has 1 aromatic carbocycles. The molecule has 142 valence electrons. The number of carbonyl (C=O) groups excluding carboxylic acids is 1. The number of halogens is 4. The highest BCUT2D eigenvalue weighted by Gasteiger charge is 2.41. The monoisotopic (exact) mass is 423 g/mol. The van der Waals surface area contributed by atoms with Crippen molar-refractivity contribution in [1.29, 1.82) is 0 Å². The number of imidazole rings is 1. The number of nitrogens with zero attached hydrogens (tertiary/aromatic N) is 5. The molecule has 0 N–H and O–H groups in total. The minimum atomic E-state index is -4.81. The van der Waals surface area contributed by atoms with E-state index in [0.29, 0.717) is 21.0 Å². The van der Waals surface area contributed by atoms with Crippen molar-refractivity contribution in [2.75, 3.05) is 0 Å². The maximum atomic E-state index is 13.7. The highest BCUT2D eigenvalue weighted by molar-refractivity contribution is 7.12. The van der Waals surface area contributed by atoms with Gasteiger partial charge in [-0.3, -0.25) is 9.36 Å². The van der Waals surface area contributed by atoms with E-state index in [9.17, 15) is 18.0 Å². The third-order valence-electron chi connectivity index (χ3n) is 3.82. The summed E-state index contributed by atoms with van der Waals surface area (Å²) >= 11 is 6.83. The number of aromatic nitrogens is 5. The summed E-state index contributed by atoms with van der Waals surface area (Å²) in [6.45, 7) is 0. The van der Waals surface area contributed by atoms with Gasteiger partial charge in [0.2, 0.25) is 5.13 Å². The van der Waals surface area contributed by atoms with Gasteiger partial charge in [0.1, 0.15) is 6.33 Å². The van der Waals surface area contributed by atoms with E-state index in [4.69, 9.17) is 11.6 Å². The van der Waals surface area contributed by atoms with Crippen LogP contribution in [0.3, 0.4) is 0 Å². The third-order valence-corrected chi connectivity index (χ3v) is 4.89. The van der Waals surface area contributed by atoms with E-state index in [1.807, 2.05) is 0 Å². The van der Waals surface area contributed by atoms with Crippen molar-refractivity contribution in [2.24, 2.45) is 0 Å². The highest BCUT2D eigenvalue weighted by atomic mass is 35.5. The van der Waals surface area contributed by atoms with Crippen LogP contribution in [0.2, 0.25) is 5.02 Å². The molecule has 0 amide bonds. The predicted octanol–water partition coefficient (Wildman–Crippen LogP) is 4.55. The molecule has 0 aliphatic heterocycles. The van der Waals surface area contributed by atoms with E-state index in [2.05, 4.69) is 15.1 Å². The van der Waals surface area contributed by atoms with Crippen LogP contribution in [-0.4, -0.2) is 30.2 Å². The highest BCUT2D eigenvalue weighted by Crippen LogP contribution is 2.35. The summed E-state index contributed by atoms with van der Waals surface area (Å²) in [7, 11) is 0. The lowest BCUT2D eigenvalue weighted by Gasteiger charge is -2.10. The van der Waals surface area contributed by atoms with E-state index >= 15 is 0 Å². The van der Waals surface area contributed by atoms with Crippen LogP contribution in [0.25, 0.3) is 16.4 Å². The largest absolute Gasteiger partial charge is 0.434 e. The molecule has 0 saturated carbocycles. The first-order valence-corrected chi connectivity index (χ1v) is 9.00. The van der Waals surface area contributed by atoms with E-state index in [-0.39, 0.29) is 5.13 Å². The molecule has 0 unspecified atom stereocenters. The molecule has 6 nitrogen and oxygen atoms in total. The normalized spacial score (nSPS) is 11.7. The Morgan fingerprint density at radius 3 is 2.57 bits per heavy atom. The summed E-state index contributed by atoms with van der Waals surface area (Å²) in [6, 6.07) is 6.74. The maximum Gasteiger partial charge on any atom is 0.434 e.